The van der Waals surface area contributed by atoms with Crippen LogP contribution in [-0.2, 0) is 9.16 Å². The highest BCUT2D eigenvalue weighted by Crippen LogP contribution is 2.38. The zero-order valence-corrected chi connectivity index (χ0v) is 15.1. The second-order valence-corrected chi connectivity index (χ2v) is 12.2. The Balaban J connectivity index is 1.97. The number of hydrogen-bond donors (Lipinski definition) is 0. The number of rotatable bonds is 4. The first-order valence-corrected chi connectivity index (χ1v) is 10.6. The summed E-state index contributed by atoms with van der Waals surface area (Å²) in [4.78, 5) is 0. The van der Waals surface area contributed by atoms with Crippen LogP contribution in [0.4, 0.5) is 0 Å². The molecule has 0 unspecified atom stereocenters. The van der Waals surface area contributed by atoms with Crippen LogP contribution in [0.15, 0.2) is 42.0 Å². The first-order chi connectivity index (χ1) is 9.71. The van der Waals surface area contributed by atoms with Gasteiger partial charge >= 0.3 is 0 Å². The molecule has 0 radical (unpaired) electrons. The summed E-state index contributed by atoms with van der Waals surface area (Å²) >= 11 is 0. The molecule has 0 aromatic heterocycles. The van der Waals surface area contributed by atoms with Gasteiger partial charge in [0.1, 0.15) is 12.2 Å². The molecule has 0 saturated carbocycles. The second kappa shape index (κ2) is 6.07. The Labute approximate surface area is 130 Å². The van der Waals surface area contributed by atoms with Gasteiger partial charge in [0.25, 0.3) is 0 Å². The number of benzene rings is 1. The smallest absolute Gasteiger partial charge is 0.192 e. The minimum Gasteiger partial charge on any atom is -0.414 e. The van der Waals surface area contributed by atoms with E-state index in [1.807, 2.05) is 6.07 Å². The Morgan fingerprint density at radius 3 is 2.33 bits per heavy atom. The van der Waals surface area contributed by atoms with Crippen LogP contribution in [0.2, 0.25) is 18.1 Å². The van der Waals surface area contributed by atoms with Gasteiger partial charge in [-0.2, -0.15) is 0 Å². The molecule has 0 saturated heterocycles. The third-order valence-electron chi connectivity index (χ3n) is 4.76. The molecule has 3 heteroatoms. The zero-order chi connectivity index (χ0) is 15.7. The molecule has 1 aromatic rings. The Morgan fingerprint density at radius 2 is 1.76 bits per heavy atom. The average Bonchev–Trinajstić information content (AvgIpc) is 2.78. The maximum Gasteiger partial charge on any atom is 0.192 e. The van der Waals surface area contributed by atoms with Crippen molar-refractivity contribution in [2.45, 2.75) is 58.0 Å². The van der Waals surface area contributed by atoms with Crippen molar-refractivity contribution in [2.75, 3.05) is 6.61 Å². The third-order valence-corrected chi connectivity index (χ3v) is 9.26. The van der Waals surface area contributed by atoms with E-state index >= 15 is 0 Å². The van der Waals surface area contributed by atoms with Gasteiger partial charge in [-0.1, -0.05) is 51.1 Å². The van der Waals surface area contributed by atoms with Crippen molar-refractivity contribution in [1.29, 1.82) is 0 Å². The van der Waals surface area contributed by atoms with E-state index in [4.69, 9.17) is 9.16 Å². The van der Waals surface area contributed by atoms with Crippen molar-refractivity contribution in [2.24, 2.45) is 0 Å². The molecule has 1 heterocycles. The Bertz CT molecular complexity index is 500. The monoisotopic (exact) mass is 304 g/mol. The molecule has 1 aliphatic heterocycles. The first-order valence-electron chi connectivity index (χ1n) is 7.73. The Hall–Kier alpha value is -0.903. The Morgan fingerprint density at radius 1 is 1.14 bits per heavy atom. The summed E-state index contributed by atoms with van der Waals surface area (Å²) < 4.78 is 12.5. The molecule has 2 nitrogen and oxygen atoms in total. The fourth-order valence-electron chi connectivity index (χ4n) is 2.16. The third kappa shape index (κ3) is 3.85. The van der Waals surface area contributed by atoms with Crippen molar-refractivity contribution in [3.05, 3.63) is 47.5 Å². The summed E-state index contributed by atoms with van der Waals surface area (Å²) in [7, 11) is -1.71. The molecule has 0 amide bonds. The van der Waals surface area contributed by atoms with E-state index in [9.17, 15) is 0 Å². The Kier molecular flexibility index (Phi) is 4.76. The minimum absolute atomic E-state index is 0.0687. The normalized spacial score (nSPS) is 23.2. The van der Waals surface area contributed by atoms with Gasteiger partial charge in [0.15, 0.2) is 8.32 Å². The summed E-state index contributed by atoms with van der Waals surface area (Å²) in [6.07, 6.45) is 2.37. The highest BCUT2D eigenvalue weighted by atomic mass is 28.4. The maximum atomic E-state index is 6.31. The van der Waals surface area contributed by atoms with Gasteiger partial charge in [0.05, 0.1) is 6.61 Å². The molecule has 0 bridgehead atoms. The lowest BCUT2D eigenvalue weighted by molar-refractivity contribution is 0.0239. The molecule has 0 spiro atoms. The van der Waals surface area contributed by atoms with Gasteiger partial charge in [-0.15, -0.1) is 0 Å². The number of ether oxygens (including phenoxy) is 1. The van der Waals surface area contributed by atoms with Crippen LogP contribution in [0.25, 0.3) is 0 Å². The van der Waals surface area contributed by atoms with Crippen LogP contribution in [0, 0.1) is 0 Å². The molecule has 2 rings (SSSR count). The lowest BCUT2D eigenvalue weighted by atomic mass is 10.1. The predicted molar refractivity (Wildman–Crippen MR) is 91.0 cm³/mol. The van der Waals surface area contributed by atoms with Crippen LogP contribution < -0.4 is 0 Å². The van der Waals surface area contributed by atoms with Crippen LogP contribution in [0.3, 0.4) is 0 Å². The predicted octanol–water partition coefficient (Wildman–Crippen LogP) is 5.09. The molecule has 0 fully saturated rings. The number of hydrogen-bond acceptors (Lipinski definition) is 2. The first kappa shape index (κ1) is 16.5. The summed E-state index contributed by atoms with van der Waals surface area (Å²) in [5.41, 5.74) is 2.49. The van der Waals surface area contributed by atoms with E-state index in [0.717, 1.165) is 0 Å². The van der Waals surface area contributed by atoms with E-state index < -0.39 is 8.32 Å². The van der Waals surface area contributed by atoms with Crippen molar-refractivity contribution >= 4 is 8.32 Å². The quantitative estimate of drug-likeness (QED) is 0.569. The molecule has 0 aliphatic carbocycles. The molecular weight excluding hydrogens is 276 g/mol. The fraction of sp³-hybridized carbons (Fsp3) is 0.556. The van der Waals surface area contributed by atoms with Crippen LogP contribution in [0.5, 0.6) is 0 Å². The van der Waals surface area contributed by atoms with Gasteiger partial charge in [-0.25, -0.2) is 0 Å². The van der Waals surface area contributed by atoms with E-state index in [2.05, 4.69) is 71.1 Å². The lowest BCUT2D eigenvalue weighted by Crippen LogP contribution is -2.42. The van der Waals surface area contributed by atoms with E-state index in [1.54, 1.807) is 0 Å². The maximum absolute atomic E-state index is 6.31. The van der Waals surface area contributed by atoms with Gasteiger partial charge < -0.3 is 9.16 Å². The molecule has 116 valence electrons. The van der Waals surface area contributed by atoms with Crippen molar-refractivity contribution < 1.29 is 9.16 Å². The van der Waals surface area contributed by atoms with Crippen molar-refractivity contribution in [3.63, 3.8) is 0 Å². The van der Waals surface area contributed by atoms with Gasteiger partial charge in [-0.05, 0) is 42.3 Å². The molecule has 1 aliphatic rings. The van der Waals surface area contributed by atoms with E-state index in [0.29, 0.717) is 6.61 Å². The second-order valence-electron chi connectivity index (χ2n) is 7.44. The van der Waals surface area contributed by atoms with Gasteiger partial charge in [-0.3, -0.25) is 0 Å². The summed E-state index contributed by atoms with van der Waals surface area (Å²) in [6.45, 7) is 14.2. The standard InChI is InChI=1S/C18H28O2Si/c1-14-12-16(15-10-8-7-9-11-15)20-17(14)13-19-21(5,6)18(2,3)4/h7-12,16-17H,13H2,1-6H3/t16-,17+/m0/s1. The summed E-state index contributed by atoms with van der Waals surface area (Å²) in [6, 6.07) is 10.4. The zero-order valence-electron chi connectivity index (χ0n) is 14.1. The topological polar surface area (TPSA) is 18.5 Å². The van der Waals surface area contributed by atoms with Gasteiger partial charge in [0.2, 0.25) is 0 Å². The highest BCUT2D eigenvalue weighted by molar-refractivity contribution is 6.74. The fourth-order valence-corrected chi connectivity index (χ4v) is 3.16. The average molecular weight is 305 g/mol. The van der Waals surface area contributed by atoms with Crippen LogP contribution in [0.1, 0.15) is 39.4 Å². The molecule has 0 N–H and O–H groups in total. The lowest BCUT2D eigenvalue weighted by Gasteiger charge is -2.37. The summed E-state index contributed by atoms with van der Waals surface area (Å²) in [5, 5.41) is 0.238. The van der Waals surface area contributed by atoms with E-state index in [-0.39, 0.29) is 17.2 Å². The van der Waals surface area contributed by atoms with Crippen molar-refractivity contribution in [3.8, 4) is 0 Å². The van der Waals surface area contributed by atoms with Gasteiger partial charge in [0, 0.05) is 0 Å². The molecule has 1 aromatic carbocycles. The van der Waals surface area contributed by atoms with Crippen LogP contribution in [-0.4, -0.2) is 21.0 Å². The molecule has 2 atom stereocenters. The highest BCUT2D eigenvalue weighted by Gasteiger charge is 2.38. The van der Waals surface area contributed by atoms with E-state index in [1.165, 1.54) is 11.1 Å². The van der Waals surface area contributed by atoms with Crippen LogP contribution >= 0.6 is 0 Å². The largest absolute Gasteiger partial charge is 0.414 e. The molecule has 21 heavy (non-hydrogen) atoms. The molecular formula is C18H28O2Si. The van der Waals surface area contributed by atoms with Crippen molar-refractivity contribution in [1.82, 2.24) is 0 Å². The summed E-state index contributed by atoms with van der Waals surface area (Å²) in [5.74, 6) is 0. The minimum atomic E-state index is -1.71. The SMILES string of the molecule is CC1=C[C@@H](c2ccccc2)O[C@@H]1CO[Si](C)(C)C(C)(C)C.